The standard InChI is InChI=1S/C37H58N4O6/c1-35(2,3)31(39-34(44)47-36(4,5)6)33(43)41-23-28(46-25-26-12-14-37(15-13-26)16-18-38-19-17-37)22-29(41)32(42)40-20-21-45-30(24-40)27-10-8-7-9-11-27/h7-11,26,28-31,38H,12-25H2,1-6H3,(H,39,44)/t28-,29?,30-,31+/m0/s1. The van der Waals surface area contributed by atoms with Crippen LogP contribution < -0.4 is 10.6 Å². The molecule has 4 aliphatic rings. The highest BCUT2D eigenvalue weighted by Crippen LogP contribution is 2.45. The minimum atomic E-state index is -0.882. The Morgan fingerprint density at radius 1 is 1.00 bits per heavy atom. The molecule has 1 unspecified atom stereocenters. The summed E-state index contributed by atoms with van der Waals surface area (Å²) in [6.07, 6.45) is 6.67. The van der Waals surface area contributed by atoms with Crippen LogP contribution in [0.1, 0.15) is 98.2 Å². The zero-order chi connectivity index (χ0) is 33.8. The van der Waals surface area contributed by atoms with Gasteiger partial charge in [0.1, 0.15) is 23.8 Å². The first-order chi connectivity index (χ1) is 22.2. The molecule has 3 aliphatic heterocycles. The Kier molecular flexibility index (Phi) is 11.2. The fourth-order valence-electron chi connectivity index (χ4n) is 7.75. The molecule has 3 saturated heterocycles. The van der Waals surface area contributed by atoms with Gasteiger partial charge in [-0.25, -0.2) is 4.79 Å². The van der Waals surface area contributed by atoms with Gasteiger partial charge in [0.25, 0.3) is 0 Å². The number of amides is 3. The second kappa shape index (κ2) is 14.8. The third kappa shape index (κ3) is 9.27. The van der Waals surface area contributed by atoms with Crippen molar-refractivity contribution in [2.24, 2.45) is 16.7 Å². The summed E-state index contributed by atoms with van der Waals surface area (Å²) in [4.78, 5) is 45.1. The predicted octanol–water partition coefficient (Wildman–Crippen LogP) is 5.07. The molecule has 10 nitrogen and oxygen atoms in total. The van der Waals surface area contributed by atoms with Crippen molar-refractivity contribution in [3.63, 3.8) is 0 Å². The van der Waals surface area contributed by atoms with Gasteiger partial charge in [0.05, 0.1) is 19.3 Å². The number of nitrogens with one attached hydrogen (secondary N) is 2. The summed E-state index contributed by atoms with van der Waals surface area (Å²) in [5, 5.41) is 6.34. The van der Waals surface area contributed by atoms with Crippen molar-refractivity contribution in [3.8, 4) is 0 Å². The molecule has 262 valence electrons. The molecule has 1 spiro atoms. The third-order valence-corrected chi connectivity index (χ3v) is 10.6. The lowest BCUT2D eigenvalue weighted by Crippen LogP contribution is -2.59. The number of ether oxygens (including phenoxy) is 3. The molecule has 47 heavy (non-hydrogen) atoms. The molecule has 2 N–H and O–H groups in total. The molecule has 0 bridgehead atoms. The Morgan fingerprint density at radius 2 is 1.68 bits per heavy atom. The van der Waals surface area contributed by atoms with Gasteiger partial charge < -0.3 is 34.6 Å². The van der Waals surface area contributed by atoms with E-state index < -0.39 is 29.2 Å². The van der Waals surface area contributed by atoms with Gasteiger partial charge in [-0.3, -0.25) is 9.59 Å². The van der Waals surface area contributed by atoms with Gasteiger partial charge in [0.2, 0.25) is 11.8 Å². The van der Waals surface area contributed by atoms with Gasteiger partial charge in [-0.1, -0.05) is 51.1 Å². The largest absolute Gasteiger partial charge is 0.444 e. The molecule has 10 heteroatoms. The smallest absolute Gasteiger partial charge is 0.408 e. The lowest BCUT2D eigenvalue weighted by molar-refractivity contribution is -0.150. The number of piperidine rings is 1. The Hall–Kier alpha value is -2.69. The molecular weight excluding hydrogens is 596 g/mol. The summed E-state index contributed by atoms with van der Waals surface area (Å²) >= 11 is 0. The second-order valence-corrected chi connectivity index (χ2v) is 16.4. The summed E-state index contributed by atoms with van der Waals surface area (Å²) < 4.78 is 18.1. The first-order valence-corrected chi connectivity index (χ1v) is 17.8. The molecule has 1 aromatic rings. The molecule has 3 heterocycles. The van der Waals surface area contributed by atoms with Crippen LogP contribution in [0.5, 0.6) is 0 Å². The van der Waals surface area contributed by atoms with Crippen molar-refractivity contribution in [2.45, 2.75) is 116 Å². The van der Waals surface area contributed by atoms with E-state index in [1.54, 1.807) is 25.7 Å². The highest BCUT2D eigenvalue weighted by molar-refractivity contribution is 5.92. The molecule has 3 amide bonds. The summed E-state index contributed by atoms with van der Waals surface area (Å²) in [5.41, 5.74) is 0.191. The van der Waals surface area contributed by atoms with Crippen molar-refractivity contribution < 1.29 is 28.6 Å². The van der Waals surface area contributed by atoms with Gasteiger partial charge in [-0.15, -0.1) is 0 Å². The van der Waals surface area contributed by atoms with E-state index in [-0.39, 0.29) is 24.0 Å². The van der Waals surface area contributed by atoms with Crippen LogP contribution in [0.3, 0.4) is 0 Å². The average Bonchev–Trinajstić information content (AvgIpc) is 3.47. The number of carbonyl (C=O) groups excluding carboxylic acids is 3. The lowest BCUT2D eigenvalue weighted by Gasteiger charge is -2.43. The van der Waals surface area contributed by atoms with Crippen LogP contribution in [0, 0.1) is 16.7 Å². The zero-order valence-electron chi connectivity index (χ0n) is 29.5. The molecule has 1 aromatic carbocycles. The molecule has 4 atom stereocenters. The predicted molar refractivity (Wildman–Crippen MR) is 181 cm³/mol. The Balaban J connectivity index is 1.29. The Labute approximate surface area is 281 Å². The maximum atomic E-state index is 14.4. The minimum absolute atomic E-state index is 0.0934. The SMILES string of the molecule is CC(C)(C)OC(=O)N[C@H](C(=O)N1C[C@@H](OCC2CCC3(CCNCC3)CC2)CC1C(=O)N1CCO[C@H](c2ccccc2)C1)C(C)(C)C. The quantitative estimate of drug-likeness (QED) is 0.423. The van der Waals surface area contributed by atoms with Gasteiger partial charge >= 0.3 is 6.09 Å². The normalized spacial score (nSPS) is 26.2. The minimum Gasteiger partial charge on any atom is -0.444 e. The Morgan fingerprint density at radius 3 is 2.32 bits per heavy atom. The summed E-state index contributed by atoms with van der Waals surface area (Å²) in [7, 11) is 0. The van der Waals surface area contributed by atoms with Crippen LogP contribution in [-0.2, 0) is 23.8 Å². The van der Waals surface area contributed by atoms with E-state index in [2.05, 4.69) is 10.6 Å². The maximum absolute atomic E-state index is 14.4. The van der Waals surface area contributed by atoms with Crippen LogP contribution in [0.2, 0.25) is 0 Å². The number of hydrogen-bond acceptors (Lipinski definition) is 7. The van der Waals surface area contributed by atoms with Gasteiger partial charge in [0.15, 0.2) is 0 Å². The number of benzene rings is 1. The number of nitrogens with zero attached hydrogens (tertiary/aromatic N) is 2. The first kappa shape index (κ1) is 35.6. The van der Waals surface area contributed by atoms with Crippen molar-refractivity contribution in [1.29, 1.82) is 0 Å². The monoisotopic (exact) mass is 654 g/mol. The van der Waals surface area contributed by atoms with Crippen molar-refractivity contribution in [2.75, 3.05) is 45.9 Å². The molecular formula is C37H58N4O6. The summed E-state index contributed by atoms with van der Waals surface area (Å²) in [6.45, 7) is 15.6. The molecule has 0 radical (unpaired) electrons. The van der Waals surface area contributed by atoms with Crippen LogP contribution in [-0.4, -0.2) is 97.4 Å². The fourth-order valence-corrected chi connectivity index (χ4v) is 7.75. The number of carbonyl (C=O) groups is 3. The number of hydrogen-bond donors (Lipinski definition) is 2. The zero-order valence-corrected chi connectivity index (χ0v) is 29.5. The van der Waals surface area contributed by atoms with Crippen LogP contribution >= 0.6 is 0 Å². The van der Waals surface area contributed by atoms with E-state index in [0.29, 0.717) is 50.6 Å². The fraction of sp³-hybridized carbons (Fsp3) is 0.757. The number of morpholine rings is 1. The number of alkyl carbamates (subject to hydrolysis) is 1. The van der Waals surface area contributed by atoms with Crippen LogP contribution in [0.4, 0.5) is 4.79 Å². The second-order valence-electron chi connectivity index (χ2n) is 16.4. The average molecular weight is 655 g/mol. The highest BCUT2D eigenvalue weighted by Gasteiger charge is 2.47. The van der Waals surface area contributed by atoms with Gasteiger partial charge in [0, 0.05) is 26.1 Å². The van der Waals surface area contributed by atoms with E-state index in [9.17, 15) is 14.4 Å². The van der Waals surface area contributed by atoms with Crippen molar-refractivity contribution in [3.05, 3.63) is 35.9 Å². The van der Waals surface area contributed by atoms with E-state index in [1.807, 2.05) is 56.0 Å². The van der Waals surface area contributed by atoms with Crippen LogP contribution in [0.25, 0.3) is 0 Å². The summed E-state index contributed by atoms with van der Waals surface area (Å²) in [6, 6.07) is 8.38. The highest BCUT2D eigenvalue weighted by atomic mass is 16.6. The van der Waals surface area contributed by atoms with Crippen molar-refractivity contribution >= 4 is 17.9 Å². The molecule has 4 fully saturated rings. The molecule has 5 rings (SSSR count). The number of rotatable bonds is 7. The van der Waals surface area contributed by atoms with Gasteiger partial charge in [-0.05, 0) is 94.7 Å². The maximum Gasteiger partial charge on any atom is 0.408 e. The molecule has 0 aromatic heterocycles. The third-order valence-electron chi connectivity index (χ3n) is 10.6. The van der Waals surface area contributed by atoms with Crippen LogP contribution in [0.15, 0.2) is 30.3 Å². The van der Waals surface area contributed by atoms with Crippen molar-refractivity contribution in [1.82, 2.24) is 20.4 Å². The topological polar surface area (TPSA) is 109 Å². The molecule has 1 saturated carbocycles. The molecule has 1 aliphatic carbocycles. The first-order valence-electron chi connectivity index (χ1n) is 17.8. The lowest BCUT2D eigenvalue weighted by atomic mass is 9.66. The van der Waals surface area contributed by atoms with E-state index in [4.69, 9.17) is 14.2 Å². The number of likely N-dealkylation sites (tertiary alicyclic amines) is 1. The van der Waals surface area contributed by atoms with E-state index in [0.717, 1.165) is 31.5 Å². The Bertz CT molecular complexity index is 1210. The van der Waals surface area contributed by atoms with E-state index >= 15 is 0 Å². The summed E-state index contributed by atoms with van der Waals surface area (Å²) in [5.74, 6) is 0.117. The van der Waals surface area contributed by atoms with E-state index in [1.165, 1.54) is 25.7 Å². The van der Waals surface area contributed by atoms with Gasteiger partial charge in [-0.2, -0.15) is 0 Å².